The fraction of sp³-hybridized carbons (Fsp3) is 0.214. The Morgan fingerprint density at radius 2 is 1.50 bits per heavy atom. The van der Waals surface area contributed by atoms with Crippen molar-refractivity contribution in [3.63, 3.8) is 0 Å². The zero-order valence-corrected chi connectivity index (χ0v) is 9.95. The van der Waals surface area contributed by atoms with E-state index in [4.69, 9.17) is 0 Å². The van der Waals surface area contributed by atoms with Crippen LogP contribution in [0.5, 0.6) is 0 Å². The van der Waals surface area contributed by atoms with Crippen molar-refractivity contribution in [2.45, 2.75) is 20.8 Å². The van der Waals surface area contributed by atoms with Crippen LogP contribution in [0.15, 0.2) is 36.7 Å². The molecule has 0 spiro atoms. The Morgan fingerprint density at radius 3 is 1.81 bits per heavy atom. The van der Waals surface area contributed by atoms with Gasteiger partial charge in [0.25, 0.3) is 0 Å². The molecule has 0 unspecified atom stereocenters. The van der Waals surface area contributed by atoms with Gasteiger partial charge in [0.1, 0.15) is 0 Å². The van der Waals surface area contributed by atoms with Crippen LogP contribution in [0.3, 0.4) is 0 Å². The SMILES string of the molecule is Cc1cc(C)c(C=O)c(C)c1.c1cc[nH]c1. The van der Waals surface area contributed by atoms with E-state index in [1.807, 2.05) is 57.4 Å². The summed E-state index contributed by atoms with van der Waals surface area (Å²) in [6.07, 6.45) is 4.67. The zero-order valence-electron chi connectivity index (χ0n) is 9.95. The number of aromatic amines is 1. The van der Waals surface area contributed by atoms with E-state index in [1.54, 1.807) is 0 Å². The highest BCUT2D eigenvalue weighted by Crippen LogP contribution is 2.13. The van der Waals surface area contributed by atoms with Gasteiger partial charge in [0, 0.05) is 18.0 Å². The molecule has 2 heteroatoms. The topological polar surface area (TPSA) is 32.9 Å². The quantitative estimate of drug-likeness (QED) is 0.726. The predicted molar refractivity (Wildman–Crippen MR) is 66.8 cm³/mol. The molecule has 1 aromatic heterocycles. The standard InChI is InChI=1S/C10H12O.C4H5N/c1-7-4-8(2)10(6-11)9(3)5-7;1-2-4-5-3-1/h4-6H,1-3H3;1-5H. The average molecular weight is 215 g/mol. The molecule has 0 saturated carbocycles. The van der Waals surface area contributed by atoms with Gasteiger partial charge in [0.2, 0.25) is 0 Å². The van der Waals surface area contributed by atoms with Crippen molar-refractivity contribution in [1.29, 1.82) is 0 Å². The summed E-state index contributed by atoms with van der Waals surface area (Å²) in [4.78, 5) is 13.4. The number of rotatable bonds is 1. The molecule has 0 amide bonds. The van der Waals surface area contributed by atoms with Crippen LogP contribution in [0, 0.1) is 20.8 Å². The van der Waals surface area contributed by atoms with Crippen LogP contribution in [-0.4, -0.2) is 11.3 Å². The Labute approximate surface area is 96.3 Å². The molecule has 0 radical (unpaired) electrons. The summed E-state index contributed by atoms with van der Waals surface area (Å²) >= 11 is 0. The van der Waals surface area contributed by atoms with E-state index >= 15 is 0 Å². The number of aryl methyl sites for hydroxylation is 3. The van der Waals surface area contributed by atoms with Crippen molar-refractivity contribution in [3.05, 3.63) is 58.9 Å². The summed E-state index contributed by atoms with van der Waals surface area (Å²) in [5, 5.41) is 0. The highest BCUT2D eigenvalue weighted by Gasteiger charge is 2.00. The van der Waals surface area contributed by atoms with Crippen molar-refractivity contribution >= 4 is 6.29 Å². The maximum absolute atomic E-state index is 10.6. The van der Waals surface area contributed by atoms with E-state index in [0.717, 1.165) is 23.0 Å². The summed E-state index contributed by atoms with van der Waals surface area (Å²) in [5.74, 6) is 0. The third kappa shape index (κ3) is 3.39. The third-order valence-corrected chi connectivity index (χ3v) is 2.35. The first-order chi connectivity index (χ1) is 7.65. The van der Waals surface area contributed by atoms with Gasteiger partial charge in [-0.05, 0) is 44.0 Å². The molecule has 0 fully saturated rings. The van der Waals surface area contributed by atoms with E-state index in [2.05, 4.69) is 4.98 Å². The minimum absolute atomic E-state index is 0.829. The van der Waals surface area contributed by atoms with E-state index in [9.17, 15) is 4.79 Å². The highest BCUT2D eigenvalue weighted by molar-refractivity contribution is 5.79. The average Bonchev–Trinajstić information content (AvgIpc) is 2.74. The minimum Gasteiger partial charge on any atom is -0.368 e. The maximum Gasteiger partial charge on any atom is 0.150 e. The Bertz CT molecular complexity index is 404. The number of H-pyrrole nitrogens is 1. The third-order valence-electron chi connectivity index (χ3n) is 2.35. The van der Waals surface area contributed by atoms with Crippen LogP contribution in [0.25, 0.3) is 0 Å². The predicted octanol–water partition coefficient (Wildman–Crippen LogP) is 3.44. The van der Waals surface area contributed by atoms with E-state index in [0.29, 0.717) is 0 Å². The van der Waals surface area contributed by atoms with E-state index in [-0.39, 0.29) is 0 Å². The van der Waals surface area contributed by atoms with Crippen molar-refractivity contribution < 1.29 is 4.79 Å². The number of aldehydes is 1. The zero-order chi connectivity index (χ0) is 12.0. The normalized spacial score (nSPS) is 9.19. The fourth-order valence-electron chi connectivity index (χ4n) is 1.65. The van der Waals surface area contributed by atoms with Gasteiger partial charge in [-0.2, -0.15) is 0 Å². The van der Waals surface area contributed by atoms with Gasteiger partial charge in [-0.15, -0.1) is 0 Å². The Balaban J connectivity index is 0.000000212. The molecule has 1 N–H and O–H groups in total. The lowest BCUT2D eigenvalue weighted by Crippen LogP contribution is -1.91. The summed E-state index contributed by atoms with van der Waals surface area (Å²) in [6.45, 7) is 5.96. The van der Waals surface area contributed by atoms with Crippen LogP contribution in [0.2, 0.25) is 0 Å². The number of benzene rings is 1. The Morgan fingerprint density at radius 1 is 1.00 bits per heavy atom. The van der Waals surface area contributed by atoms with Crippen molar-refractivity contribution in [2.24, 2.45) is 0 Å². The molecule has 2 nitrogen and oxygen atoms in total. The molecular formula is C14H17NO. The monoisotopic (exact) mass is 215 g/mol. The smallest absolute Gasteiger partial charge is 0.150 e. The summed E-state index contributed by atoms with van der Waals surface area (Å²) in [6, 6.07) is 7.94. The molecule has 0 aliphatic heterocycles. The first kappa shape index (κ1) is 12.2. The number of aromatic nitrogens is 1. The van der Waals surface area contributed by atoms with Crippen LogP contribution >= 0.6 is 0 Å². The highest BCUT2D eigenvalue weighted by atomic mass is 16.1. The van der Waals surface area contributed by atoms with Crippen molar-refractivity contribution in [2.75, 3.05) is 0 Å². The lowest BCUT2D eigenvalue weighted by Gasteiger charge is -2.03. The second-order valence-corrected chi connectivity index (χ2v) is 3.82. The lowest BCUT2D eigenvalue weighted by atomic mass is 10.0. The molecule has 0 aliphatic carbocycles. The van der Waals surface area contributed by atoms with Crippen molar-refractivity contribution in [1.82, 2.24) is 4.98 Å². The first-order valence-corrected chi connectivity index (χ1v) is 5.26. The number of hydrogen-bond donors (Lipinski definition) is 1. The van der Waals surface area contributed by atoms with Crippen LogP contribution in [-0.2, 0) is 0 Å². The second kappa shape index (κ2) is 5.91. The fourth-order valence-corrected chi connectivity index (χ4v) is 1.65. The van der Waals surface area contributed by atoms with Crippen LogP contribution in [0.4, 0.5) is 0 Å². The minimum atomic E-state index is 0.829. The Kier molecular flexibility index (Phi) is 4.52. The number of carbonyl (C=O) groups excluding carboxylic acids is 1. The molecule has 0 atom stereocenters. The summed E-state index contributed by atoms with van der Waals surface area (Å²) in [5.41, 5.74) is 4.18. The van der Waals surface area contributed by atoms with E-state index in [1.165, 1.54) is 5.56 Å². The summed E-state index contributed by atoms with van der Waals surface area (Å²) in [7, 11) is 0. The van der Waals surface area contributed by atoms with Gasteiger partial charge in [0.05, 0.1) is 0 Å². The lowest BCUT2D eigenvalue weighted by molar-refractivity contribution is 0.112. The Hall–Kier alpha value is -1.83. The molecule has 1 aromatic carbocycles. The van der Waals surface area contributed by atoms with Gasteiger partial charge in [-0.1, -0.05) is 17.7 Å². The molecule has 0 saturated heterocycles. The van der Waals surface area contributed by atoms with Crippen molar-refractivity contribution in [3.8, 4) is 0 Å². The molecule has 0 bridgehead atoms. The molecule has 16 heavy (non-hydrogen) atoms. The van der Waals surface area contributed by atoms with E-state index < -0.39 is 0 Å². The molecule has 2 rings (SSSR count). The molecular weight excluding hydrogens is 198 g/mol. The van der Waals surface area contributed by atoms with Gasteiger partial charge < -0.3 is 4.98 Å². The second-order valence-electron chi connectivity index (χ2n) is 3.82. The van der Waals surface area contributed by atoms with Gasteiger partial charge >= 0.3 is 0 Å². The number of hydrogen-bond acceptors (Lipinski definition) is 1. The van der Waals surface area contributed by atoms with Gasteiger partial charge in [-0.3, -0.25) is 4.79 Å². The first-order valence-electron chi connectivity index (χ1n) is 5.26. The van der Waals surface area contributed by atoms with Crippen LogP contribution in [0.1, 0.15) is 27.0 Å². The number of carbonyl (C=O) groups is 1. The van der Waals surface area contributed by atoms with Crippen LogP contribution < -0.4 is 0 Å². The molecule has 1 heterocycles. The molecule has 84 valence electrons. The number of nitrogens with one attached hydrogen (secondary N) is 1. The maximum atomic E-state index is 10.6. The molecule has 0 aliphatic rings. The van der Waals surface area contributed by atoms with Gasteiger partial charge in [-0.25, -0.2) is 0 Å². The summed E-state index contributed by atoms with van der Waals surface area (Å²) < 4.78 is 0. The molecule has 2 aromatic rings. The van der Waals surface area contributed by atoms with Gasteiger partial charge in [0.15, 0.2) is 6.29 Å². The largest absolute Gasteiger partial charge is 0.368 e.